The van der Waals surface area contributed by atoms with Crippen molar-refractivity contribution in [2.45, 2.75) is 31.8 Å². The second-order valence-electron chi connectivity index (χ2n) is 5.58. The highest BCUT2D eigenvalue weighted by Crippen LogP contribution is 2.29. The van der Waals surface area contributed by atoms with Gasteiger partial charge in [0.05, 0.1) is 23.0 Å². The zero-order valence-electron chi connectivity index (χ0n) is 11.2. The van der Waals surface area contributed by atoms with Gasteiger partial charge in [-0.05, 0) is 32.3 Å². The maximum Gasteiger partial charge on any atom is 0.0950 e. The number of aromatic nitrogens is 2. The lowest BCUT2D eigenvalue weighted by molar-refractivity contribution is 0.0481. The van der Waals surface area contributed by atoms with Crippen molar-refractivity contribution in [3.8, 4) is 0 Å². The molecule has 0 spiro atoms. The number of anilines is 1. The van der Waals surface area contributed by atoms with Gasteiger partial charge in [0, 0.05) is 18.5 Å². The molecule has 0 radical (unpaired) electrons. The number of rotatable bonds is 1. The fourth-order valence-electron chi connectivity index (χ4n) is 2.75. The third-order valence-electron chi connectivity index (χ3n) is 3.93. The Morgan fingerprint density at radius 3 is 2.95 bits per heavy atom. The van der Waals surface area contributed by atoms with Crippen LogP contribution in [0.15, 0.2) is 30.5 Å². The molecule has 4 heteroatoms. The molecule has 2 aromatic rings. The summed E-state index contributed by atoms with van der Waals surface area (Å²) in [6.45, 7) is 3.76. The smallest absolute Gasteiger partial charge is 0.0950 e. The maximum atomic E-state index is 10.2. The largest absolute Gasteiger partial charge is 0.390 e. The van der Waals surface area contributed by atoms with E-state index in [9.17, 15) is 5.11 Å². The highest BCUT2D eigenvalue weighted by atomic mass is 16.3. The summed E-state index contributed by atoms with van der Waals surface area (Å²) in [5.41, 5.74) is 1.52. The van der Waals surface area contributed by atoms with Gasteiger partial charge >= 0.3 is 0 Å². The van der Waals surface area contributed by atoms with Crippen molar-refractivity contribution >= 4 is 16.6 Å². The van der Waals surface area contributed by atoms with Gasteiger partial charge in [-0.1, -0.05) is 18.2 Å². The fraction of sp³-hybridized carbons (Fsp3) is 0.467. The zero-order valence-corrected chi connectivity index (χ0v) is 11.2. The zero-order chi connectivity index (χ0) is 13.3. The molecule has 3 rings (SSSR count). The summed E-state index contributed by atoms with van der Waals surface area (Å²) in [4.78, 5) is 2.32. The minimum Gasteiger partial charge on any atom is -0.390 e. The SMILES string of the molecule is CC1(O)CCCN(c2cnnc3ccccc23)CC1. The molecule has 0 amide bonds. The molecule has 1 aromatic carbocycles. The Kier molecular flexibility index (Phi) is 3.11. The molecule has 1 saturated heterocycles. The van der Waals surface area contributed by atoms with Gasteiger partial charge in [0.15, 0.2) is 0 Å². The first-order chi connectivity index (χ1) is 9.16. The molecule has 1 atom stereocenters. The average Bonchev–Trinajstić information content (AvgIpc) is 2.59. The first-order valence-corrected chi connectivity index (χ1v) is 6.83. The van der Waals surface area contributed by atoms with Gasteiger partial charge in [-0.2, -0.15) is 10.2 Å². The second kappa shape index (κ2) is 4.78. The minimum atomic E-state index is -0.537. The summed E-state index contributed by atoms with van der Waals surface area (Å²) in [6, 6.07) is 8.08. The molecule has 1 unspecified atom stereocenters. The normalized spacial score (nSPS) is 24.4. The predicted octanol–water partition coefficient (Wildman–Crippen LogP) is 2.37. The van der Waals surface area contributed by atoms with E-state index in [1.165, 1.54) is 0 Å². The van der Waals surface area contributed by atoms with E-state index in [2.05, 4.69) is 21.2 Å². The Morgan fingerprint density at radius 2 is 2.05 bits per heavy atom. The van der Waals surface area contributed by atoms with Crippen LogP contribution in [0.4, 0.5) is 5.69 Å². The number of nitrogens with zero attached hydrogens (tertiary/aromatic N) is 3. The van der Waals surface area contributed by atoms with E-state index in [-0.39, 0.29) is 0 Å². The van der Waals surface area contributed by atoms with E-state index >= 15 is 0 Å². The molecule has 1 aromatic heterocycles. The van der Waals surface area contributed by atoms with Gasteiger partial charge in [0.2, 0.25) is 0 Å². The molecule has 100 valence electrons. The van der Waals surface area contributed by atoms with Crippen molar-refractivity contribution in [2.24, 2.45) is 0 Å². The van der Waals surface area contributed by atoms with Crippen molar-refractivity contribution in [2.75, 3.05) is 18.0 Å². The Balaban J connectivity index is 1.96. The molecular formula is C15H19N3O. The molecule has 0 saturated carbocycles. The van der Waals surface area contributed by atoms with Crippen molar-refractivity contribution in [1.82, 2.24) is 10.2 Å². The van der Waals surface area contributed by atoms with Crippen LogP contribution < -0.4 is 4.90 Å². The van der Waals surface area contributed by atoms with Crippen LogP contribution in [0.2, 0.25) is 0 Å². The maximum absolute atomic E-state index is 10.2. The van der Waals surface area contributed by atoms with Crippen LogP contribution in [0, 0.1) is 0 Å². The monoisotopic (exact) mass is 257 g/mol. The third kappa shape index (κ3) is 2.54. The highest BCUT2D eigenvalue weighted by Gasteiger charge is 2.25. The van der Waals surface area contributed by atoms with Crippen molar-refractivity contribution in [3.05, 3.63) is 30.5 Å². The van der Waals surface area contributed by atoms with Gasteiger partial charge in [-0.3, -0.25) is 0 Å². The molecule has 1 N–H and O–H groups in total. The van der Waals surface area contributed by atoms with E-state index < -0.39 is 5.60 Å². The highest BCUT2D eigenvalue weighted by molar-refractivity contribution is 5.90. The van der Waals surface area contributed by atoms with Gasteiger partial charge < -0.3 is 10.0 Å². The molecule has 0 aliphatic carbocycles. The number of hydrogen-bond acceptors (Lipinski definition) is 4. The van der Waals surface area contributed by atoms with Crippen LogP contribution in [-0.2, 0) is 0 Å². The van der Waals surface area contributed by atoms with E-state index in [0.717, 1.165) is 48.9 Å². The number of benzene rings is 1. The second-order valence-corrected chi connectivity index (χ2v) is 5.58. The van der Waals surface area contributed by atoms with Gasteiger partial charge in [0.25, 0.3) is 0 Å². The van der Waals surface area contributed by atoms with Gasteiger partial charge in [-0.25, -0.2) is 0 Å². The Bertz CT molecular complexity index is 577. The first kappa shape index (κ1) is 12.4. The average molecular weight is 257 g/mol. The van der Waals surface area contributed by atoms with Crippen molar-refractivity contribution in [1.29, 1.82) is 0 Å². The Morgan fingerprint density at radius 1 is 1.21 bits per heavy atom. The Hall–Kier alpha value is -1.68. The molecule has 1 aliphatic heterocycles. The quantitative estimate of drug-likeness (QED) is 0.852. The summed E-state index contributed by atoms with van der Waals surface area (Å²) in [5.74, 6) is 0. The lowest BCUT2D eigenvalue weighted by Crippen LogP contribution is -2.28. The van der Waals surface area contributed by atoms with Gasteiger partial charge in [0.1, 0.15) is 0 Å². The number of aliphatic hydroxyl groups is 1. The minimum absolute atomic E-state index is 0.537. The molecule has 4 nitrogen and oxygen atoms in total. The number of hydrogen-bond donors (Lipinski definition) is 1. The van der Waals surface area contributed by atoms with Crippen LogP contribution in [0.25, 0.3) is 10.9 Å². The van der Waals surface area contributed by atoms with Crippen LogP contribution in [-0.4, -0.2) is 34.0 Å². The molecular weight excluding hydrogens is 238 g/mol. The number of fused-ring (bicyclic) bond motifs is 1. The fourth-order valence-corrected chi connectivity index (χ4v) is 2.75. The van der Waals surface area contributed by atoms with Crippen LogP contribution in [0.3, 0.4) is 0 Å². The Labute approximate surface area is 113 Å². The van der Waals surface area contributed by atoms with Crippen molar-refractivity contribution < 1.29 is 5.11 Å². The lowest BCUT2D eigenvalue weighted by atomic mass is 9.98. The summed E-state index contributed by atoms with van der Waals surface area (Å²) in [6.07, 6.45) is 4.50. The summed E-state index contributed by atoms with van der Waals surface area (Å²) >= 11 is 0. The van der Waals surface area contributed by atoms with E-state index in [1.54, 1.807) is 0 Å². The van der Waals surface area contributed by atoms with E-state index in [4.69, 9.17) is 0 Å². The van der Waals surface area contributed by atoms with E-state index in [1.807, 2.05) is 31.3 Å². The summed E-state index contributed by atoms with van der Waals surface area (Å²) in [7, 11) is 0. The summed E-state index contributed by atoms with van der Waals surface area (Å²) in [5, 5.41) is 19.6. The standard InChI is InChI=1S/C15H19N3O/c1-15(19)7-4-9-18(10-8-15)14-11-16-17-13-6-3-2-5-12(13)14/h2-3,5-6,11,19H,4,7-10H2,1H3. The molecule has 1 aliphatic rings. The first-order valence-electron chi connectivity index (χ1n) is 6.83. The molecule has 2 heterocycles. The lowest BCUT2D eigenvalue weighted by Gasteiger charge is -2.24. The summed E-state index contributed by atoms with van der Waals surface area (Å²) < 4.78 is 0. The van der Waals surface area contributed by atoms with Crippen molar-refractivity contribution in [3.63, 3.8) is 0 Å². The third-order valence-corrected chi connectivity index (χ3v) is 3.93. The topological polar surface area (TPSA) is 49.2 Å². The molecule has 1 fully saturated rings. The van der Waals surface area contributed by atoms with Crippen LogP contribution in [0.5, 0.6) is 0 Å². The molecule has 19 heavy (non-hydrogen) atoms. The van der Waals surface area contributed by atoms with Crippen LogP contribution >= 0.6 is 0 Å². The molecule has 0 bridgehead atoms. The van der Waals surface area contributed by atoms with Gasteiger partial charge in [-0.15, -0.1) is 0 Å². The van der Waals surface area contributed by atoms with Crippen LogP contribution in [0.1, 0.15) is 26.2 Å². The predicted molar refractivity (Wildman–Crippen MR) is 76.2 cm³/mol. The van der Waals surface area contributed by atoms with E-state index in [0.29, 0.717) is 0 Å².